The number of hydrogen-bond donors (Lipinski definition) is 0. The van der Waals surface area contributed by atoms with Gasteiger partial charge in [-0.3, -0.25) is 10.1 Å². The van der Waals surface area contributed by atoms with Crippen LogP contribution >= 0.6 is 0 Å². The molecule has 23 heavy (non-hydrogen) atoms. The van der Waals surface area contributed by atoms with Crippen molar-refractivity contribution in [1.82, 2.24) is 0 Å². The molecular weight excluding hydrogens is 294 g/mol. The lowest BCUT2D eigenvalue weighted by Crippen LogP contribution is -2.34. The molecule has 120 valence electrons. The van der Waals surface area contributed by atoms with Crippen molar-refractivity contribution in [3.05, 3.63) is 52.1 Å². The van der Waals surface area contributed by atoms with Crippen molar-refractivity contribution in [3.8, 4) is 0 Å². The number of benzene rings is 1. The zero-order chi connectivity index (χ0) is 16.0. The molecule has 0 amide bonds. The fourth-order valence-corrected chi connectivity index (χ4v) is 4.78. The number of carbonyl (C=O) groups excluding carboxylic acids is 1. The number of carbonyl (C=O) groups is 1. The Kier molecular flexibility index (Phi) is 3.43. The number of nitrogens with zero attached hydrogens (tertiary/aromatic N) is 1. The van der Waals surface area contributed by atoms with E-state index in [-0.39, 0.29) is 11.8 Å². The summed E-state index contributed by atoms with van der Waals surface area (Å²) in [6.07, 6.45) is 9.10. The topological polar surface area (TPSA) is 69.4 Å². The minimum atomic E-state index is -0.474. The van der Waals surface area contributed by atoms with Crippen molar-refractivity contribution in [2.75, 3.05) is 0 Å². The summed E-state index contributed by atoms with van der Waals surface area (Å²) in [5.74, 6) is 2.20. The third-order valence-corrected chi connectivity index (χ3v) is 5.80. The average Bonchev–Trinajstić information content (AvgIpc) is 3.16. The molecule has 3 aliphatic rings. The highest BCUT2D eigenvalue weighted by Gasteiger charge is 2.49. The molecule has 5 nitrogen and oxygen atoms in total. The molecule has 2 fully saturated rings. The van der Waals surface area contributed by atoms with Crippen LogP contribution in [0.2, 0.25) is 0 Å². The maximum Gasteiger partial charge on any atom is 0.338 e. The molecule has 0 spiro atoms. The lowest BCUT2D eigenvalue weighted by Gasteiger charge is -2.33. The van der Waals surface area contributed by atoms with Gasteiger partial charge in [0.2, 0.25) is 0 Å². The van der Waals surface area contributed by atoms with E-state index in [0.717, 1.165) is 12.3 Å². The Labute approximate surface area is 134 Å². The van der Waals surface area contributed by atoms with E-state index in [1.54, 1.807) is 0 Å². The Morgan fingerprint density at radius 1 is 1.09 bits per heavy atom. The molecule has 1 aromatic rings. The van der Waals surface area contributed by atoms with E-state index in [9.17, 15) is 14.9 Å². The van der Waals surface area contributed by atoms with Crippen LogP contribution in [0.1, 0.15) is 36.0 Å². The maximum atomic E-state index is 12.3. The van der Waals surface area contributed by atoms with Crippen LogP contribution in [0.4, 0.5) is 5.69 Å². The van der Waals surface area contributed by atoms with Crippen LogP contribution in [0.3, 0.4) is 0 Å². The highest BCUT2D eigenvalue weighted by atomic mass is 16.6. The van der Waals surface area contributed by atoms with Gasteiger partial charge >= 0.3 is 5.97 Å². The van der Waals surface area contributed by atoms with Crippen molar-refractivity contribution < 1.29 is 14.5 Å². The summed E-state index contributed by atoms with van der Waals surface area (Å²) in [7, 11) is 0. The largest absolute Gasteiger partial charge is 0.454 e. The molecule has 3 aliphatic carbocycles. The first-order valence-corrected chi connectivity index (χ1v) is 8.27. The minimum Gasteiger partial charge on any atom is -0.454 e. The highest BCUT2D eigenvalue weighted by Crippen LogP contribution is 2.54. The number of allylic oxidation sites excluding steroid dienone is 1. The van der Waals surface area contributed by atoms with E-state index < -0.39 is 10.9 Å². The molecule has 0 heterocycles. The van der Waals surface area contributed by atoms with Crippen LogP contribution in [-0.2, 0) is 4.74 Å². The number of non-ortho nitro benzene ring substituents is 1. The standard InChI is InChI=1S/C18H19NO4/c20-18(13-3-7-14(8-4-13)19(21)22)23-16-10-6-12-2-1-11-5-9-15(16)17(11)12/h3-4,6-8,10-12,15-17H,1-2,5,9H2/t11?,12?,15?,16-,17-/m0/s1. The normalized spacial score (nSPS) is 34.2. The molecule has 3 unspecified atom stereocenters. The quantitative estimate of drug-likeness (QED) is 0.369. The smallest absolute Gasteiger partial charge is 0.338 e. The Morgan fingerprint density at radius 2 is 1.83 bits per heavy atom. The van der Waals surface area contributed by atoms with Crippen molar-refractivity contribution in [3.63, 3.8) is 0 Å². The van der Waals surface area contributed by atoms with E-state index in [1.165, 1.54) is 43.5 Å². The second-order valence-corrected chi connectivity index (χ2v) is 6.88. The summed E-state index contributed by atoms with van der Waals surface area (Å²) in [5, 5.41) is 10.7. The first kappa shape index (κ1) is 14.4. The Morgan fingerprint density at radius 3 is 2.57 bits per heavy atom. The second-order valence-electron chi connectivity index (χ2n) is 6.88. The summed E-state index contributed by atoms with van der Waals surface area (Å²) in [6.45, 7) is 0. The van der Waals surface area contributed by atoms with Gasteiger partial charge in [-0.05, 0) is 61.6 Å². The Bertz CT molecular complexity index is 666. The number of esters is 1. The third kappa shape index (κ3) is 2.44. The lowest BCUT2D eigenvalue weighted by molar-refractivity contribution is -0.384. The summed E-state index contributed by atoms with van der Waals surface area (Å²) in [5.41, 5.74) is 0.346. The minimum absolute atomic E-state index is 0.0217. The van der Waals surface area contributed by atoms with E-state index in [1.807, 2.05) is 0 Å². The molecule has 0 saturated heterocycles. The summed E-state index contributed by atoms with van der Waals surface area (Å²) >= 11 is 0. The average molecular weight is 313 g/mol. The number of hydrogen-bond acceptors (Lipinski definition) is 4. The molecule has 0 N–H and O–H groups in total. The SMILES string of the molecule is O=C(O[C@H]1C=CC2CCC3CCC1[C@H]23)c1ccc([N+](=O)[O-])cc1. The zero-order valence-corrected chi connectivity index (χ0v) is 12.8. The van der Waals surface area contributed by atoms with Crippen LogP contribution in [0.15, 0.2) is 36.4 Å². The van der Waals surface area contributed by atoms with E-state index in [2.05, 4.69) is 12.2 Å². The van der Waals surface area contributed by atoms with Crippen molar-refractivity contribution in [2.24, 2.45) is 23.7 Å². The number of nitro groups is 1. The van der Waals surface area contributed by atoms with Gasteiger partial charge in [0.25, 0.3) is 5.69 Å². The number of ether oxygens (including phenoxy) is 1. The van der Waals surface area contributed by atoms with Crippen LogP contribution in [0.25, 0.3) is 0 Å². The number of rotatable bonds is 3. The molecule has 5 atom stereocenters. The van der Waals surface area contributed by atoms with E-state index in [0.29, 0.717) is 23.3 Å². The van der Waals surface area contributed by atoms with Crippen LogP contribution in [-0.4, -0.2) is 17.0 Å². The van der Waals surface area contributed by atoms with Crippen LogP contribution in [0, 0.1) is 33.8 Å². The van der Waals surface area contributed by atoms with Crippen LogP contribution < -0.4 is 0 Å². The van der Waals surface area contributed by atoms with Gasteiger partial charge in [0.05, 0.1) is 10.5 Å². The molecule has 0 bridgehead atoms. The van der Waals surface area contributed by atoms with Crippen molar-refractivity contribution in [2.45, 2.75) is 31.8 Å². The maximum absolute atomic E-state index is 12.3. The third-order valence-electron chi connectivity index (χ3n) is 5.80. The predicted octanol–water partition coefficient (Wildman–Crippen LogP) is 3.74. The zero-order valence-electron chi connectivity index (χ0n) is 12.8. The lowest BCUT2D eigenvalue weighted by atomic mass is 9.77. The van der Waals surface area contributed by atoms with Gasteiger partial charge in [0.1, 0.15) is 6.10 Å². The Balaban J connectivity index is 1.48. The van der Waals surface area contributed by atoms with Crippen molar-refractivity contribution >= 4 is 11.7 Å². The molecule has 2 saturated carbocycles. The molecule has 4 rings (SSSR count). The molecule has 5 heteroatoms. The van der Waals surface area contributed by atoms with Gasteiger partial charge in [0.15, 0.2) is 0 Å². The molecule has 0 radical (unpaired) electrons. The molecule has 0 aliphatic heterocycles. The Hall–Kier alpha value is -2.17. The van der Waals surface area contributed by atoms with Gasteiger partial charge in [-0.1, -0.05) is 6.08 Å². The monoisotopic (exact) mass is 313 g/mol. The summed E-state index contributed by atoms with van der Waals surface area (Å²) in [6, 6.07) is 5.60. The summed E-state index contributed by atoms with van der Waals surface area (Å²) in [4.78, 5) is 22.5. The summed E-state index contributed by atoms with van der Waals surface area (Å²) < 4.78 is 5.72. The fourth-order valence-electron chi connectivity index (χ4n) is 4.78. The predicted molar refractivity (Wildman–Crippen MR) is 83.9 cm³/mol. The molecule has 0 aromatic heterocycles. The first-order chi connectivity index (χ1) is 11.1. The number of nitro benzene ring substituents is 1. The second kappa shape index (κ2) is 5.48. The van der Waals surface area contributed by atoms with Gasteiger partial charge in [-0.2, -0.15) is 0 Å². The van der Waals surface area contributed by atoms with E-state index >= 15 is 0 Å². The molecule has 1 aromatic carbocycles. The fraction of sp³-hybridized carbons (Fsp3) is 0.500. The molecular formula is C18H19NO4. The first-order valence-electron chi connectivity index (χ1n) is 8.27. The van der Waals surface area contributed by atoms with Gasteiger partial charge in [0, 0.05) is 18.1 Å². The van der Waals surface area contributed by atoms with Gasteiger partial charge in [-0.15, -0.1) is 0 Å². The highest BCUT2D eigenvalue weighted by molar-refractivity contribution is 5.89. The van der Waals surface area contributed by atoms with Crippen molar-refractivity contribution in [1.29, 1.82) is 0 Å². The van der Waals surface area contributed by atoms with Gasteiger partial charge < -0.3 is 4.74 Å². The van der Waals surface area contributed by atoms with Gasteiger partial charge in [-0.25, -0.2) is 4.79 Å². The van der Waals surface area contributed by atoms with Crippen LogP contribution in [0.5, 0.6) is 0 Å². The van der Waals surface area contributed by atoms with E-state index in [4.69, 9.17) is 4.74 Å².